The fraction of sp³-hybridized carbons (Fsp3) is 0.700. The third kappa shape index (κ3) is 9.08. The Balaban J connectivity index is 0.000000223. The van der Waals surface area contributed by atoms with Crippen LogP contribution in [0.15, 0.2) is 12.4 Å². The fourth-order valence-corrected chi connectivity index (χ4v) is 0.883. The number of aliphatic hydroxyl groups is 1. The van der Waals surface area contributed by atoms with Crippen LogP contribution >= 0.6 is 0 Å². The number of nitrogens with one attached hydrogen (secondary N) is 1. The SMILES string of the molecule is CCCCCCO.Cc1ncc[nH]1. The lowest BCUT2D eigenvalue weighted by Crippen LogP contribution is -1.80. The smallest absolute Gasteiger partial charge is 0.102 e. The van der Waals surface area contributed by atoms with E-state index in [1.807, 2.05) is 6.92 Å². The number of aromatic amines is 1. The molecule has 0 amide bonds. The van der Waals surface area contributed by atoms with E-state index < -0.39 is 0 Å². The van der Waals surface area contributed by atoms with Crippen molar-refractivity contribution in [1.82, 2.24) is 9.97 Å². The first-order valence-corrected chi connectivity index (χ1v) is 4.88. The summed E-state index contributed by atoms with van der Waals surface area (Å²) in [6.07, 6.45) is 8.21. The number of unbranched alkanes of at least 4 members (excludes halogenated alkanes) is 3. The van der Waals surface area contributed by atoms with Crippen LogP contribution in [0.2, 0.25) is 0 Å². The molecule has 0 bridgehead atoms. The number of hydrogen-bond donors (Lipinski definition) is 2. The quantitative estimate of drug-likeness (QED) is 0.705. The van der Waals surface area contributed by atoms with E-state index in [1.165, 1.54) is 19.3 Å². The van der Waals surface area contributed by atoms with Crippen LogP contribution in [0.4, 0.5) is 0 Å². The van der Waals surface area contributed by atoms with Crippen LogP contribution in [0.25, 0.3) is 0 Å². The first-order chi connectivity index (χ1) is 6.31. The maximum absolute atomic E-state index is 8.29. The number of nitrogens with zero attached hydrogens (tertiary/aromatic N) is 1. The molecular weight excluding hydrogens is 164 g/mol. The first-order valence-electron chi connectivity index (χ1n) is 4.88. The summed E-state index contributed by atoms with van der Waals surface area (Å²) in [5.41, 5.74) is 0. The highest BCUT2D eigenvalue weighted by Crippen LogP contribution is 1.96. The van der Waals surface area contributed by atoms with Crippen LogP contribution in [0.1, 0.15) is 38.4 Å². The summed E-state index contributed by atoms with van der Waals surface area (Å²) in [5.74, 6) is 0.968. The van der Waals surface area contributed by atoms with E-state index in [0.717, 1.165) is 12.2 Å². The minimum absolute atomic E-state index is 0.361. The van der Waals surface area contributed by atoms with Crippen molar-refractivity contribution in [1.29, 1.82) is 0 Å². The molecule has 0 fully saturated rings. The first kappa shape index (κ1) is 12.2. The number of H-pyrrole nitrogens is 1. The van der Waals surface area contributed by atoms with Gasteiger partial charge in [0.15, 0.2) is 0 Å². The molecule has 0 radical (unpaired) electrons. The van der Waals surface area contributed by atoms with Crippen LogP contribution < -0.4 is 0 Å². The molecule has 0 aliphatic rings. The van der Waals surface area contributed by atoms with Crippen molar-refractivity contribution < 1.29 is 5.11 Å². The summed E-state index contributed by atoms with van der Waals surface area (Å²) < 4.78 is 0. The van der Waals surface area contributed by atoms with Gasteiger partial charge in [0, 0.05) is 19.0 Å². The lowest BCUT2D eigenvalue weighted by molar-refractivity contribution is 0.283. The molecule has 0 spiro atoms. The lowest BCUT2D eigenvalue weighted by Gasteiger charge is -1.90. The molecule has 1 aromatic heterocycles. The van der Waals surface area contributed by atoms with Crippen LogP contribution in [-0.2, 0) is 0 Å². The van der Waals surface area contributed by atoms with Crippen molar-refractivity contribution in [2.45, 2.75) is 39.5 Å². The summed E-state index contributed by atoms with van der Waals surface area (Å²) in [5, 5.41) is 8.29. The number of hydrogen-bond acceptors (Lipinski definition) is 2. The monoisotopic (exact) mass is 184 g/mol. The van der Waals surface area contributed by atoms with Crippen LogP contribution in [0.5, 0.6) is 0 Å². The summed E-state index contributed by atoms with van der Waals surface area (Å²) in [6.45, 7) is 4.44. The second kappa shape index (κ2) is 9.26. The molecule has 0 atom stereocenters. The molecule has 0 unspecified atom stereocenters. The number of imidazole rings is 1. The van der Waals surface area contributed by atoms with Gasteiger partial charge in [-0.1, -0.05) is 26.2 Å². The third-order valence-electron chi connectivity index (χ3n) is 1.65. The van der Waals surface area contributed by atoms with Gasteiger partial charge in [0.05, 0.1) is 0 Å². The van der Waals surface area contributed by atoms with Gasteiger partial charge in [-0.05, 0) is 13.3 Å². The lowest BCUT2D eigenvalue weighted by atomic mass is 10.2. The van der Waals surface area contributed by atoms with Gasteiger partial charge in [0.2, 0.25) is 0 Å². The molecule has 76 valence electrons. The highest BCUT2D eigenvalue weighted by molar-refractivity contribution is 4.80. The zero-order valence-electron chi connectivity index (χ0n) is 8.58. The third-order valence-corrected chi connectivity index (χ3v) is 1.65. The predicted octanol–water partition coefficient (Wildman–Crippen LogP) is 2.28. The van der Waals surface area contributed by atoms with E-state index in [4.69, 9.17) is 5.11 Å². The van der Waals surface area contributed by atoms with Crippen LogP contribution in [-0.4, -0.2) is 21.7 Å². The molecule has 1 aromatic rings. The van der Waals surface area contributed by atoms with Gasteiger partial charge in [-0.3, -0.25) is 0 Å². The van der Waals surface area contributed by atoms with E-state index in [1.54, 1.807) is 12.4 Å². The molecule has 0 aliphatic carbocycles. The molecule has 0 saturated heterocycles. The minimum atomic E-state index is 0.361. The summed E-state index contributed by atoms with van der Waals surface area (Å²) in [7, 11) is 0. The molecule has 13 heavy (non-hydrogen) atoms. The van der Waals surface area contributed by atoms with E-state index in [0.29, 0.717) is 6.61 Å². The van der Waals surface area contributed by atoms with E-state index >= 15 is 0 Å². The molecule has 1 heterocycles. The van der Waals surface area contributed by atoms with E-state index in [9.17, 15) is 0 Å². The summed E-state index contributed by atoms with van der Waals surface area (Å²) >= 11 is 0. The van der Waals surface area contributed by atoms with Gasteiger partial charge in [0.25, 0.3) is 0 Å². The van der Waals surface area contributed by atoms with Crippen molar-refractivity contribution in [3.8, 4) is 0 Å². The molecule has 3 nitrogen and oxygen atoms in total. The van der Waals surface area contributed by atoms with Crippen molar-refractivity contribution in [3.05, 3.63) is 18.2 Å². The largest absolute Gasteiger partial charge is 0.396 e. The Labute approximate surface area is 80.2 Å². The summed E-state index contributed by atoms with van der Waals surface area (Å²) in [6, 6.07) is 0. The molecular formula is C10H20N2O. The molecule has 0 aliphatic heterocycles. The van der Waals surface area contributed by atoms with Crippen molar-refractivity contribution >= 4 is 0 Å². The maximum Gasteiger partial charge on any atom is 0.102 e. The Morgan fingerprint density at radius 3 is 2.46 bits per heavy atom. The zero-order chi connectivity index (χ0) is 9.94. The topological polar surface area (TPSA) is 48.9 Å². The van der Waals surface area contributed by atoms with Crippen molar-refractivity contribution in [2.75, 3.05) is 6.61 Å². The average molecular weight is 184 g/mol. The fourth-order valence-electron chi connectivity index (χ4n) is 0.883. The van der Waals surface area contributed by atoms with Gasteiger partial charge >= 0.3 is 0 Å². The van der Waals surface area contributed by atoms with Crippen molar-refractivity contribution in [3.63, 3.8) is 0 Å². The van der Waals surface area contributed by atoms with Gasteiger partial charge in [0.1, 0.15) is 5.82 Å². The number of rotatable bonds is 4. The van der Waals surface area contributed by atoms with Gasteiger partial charge in [-0.25, -0.2) is 4.98 Å². The molecule has 2 N–H and O–H groups in total. The number of aliphatic hydroxyl groups excluding tert-OH is 1. The normalized spacial score (nSPS) is 9.15. The van der Waals surface area contributed by atoms with E-state index in [-0.39, 0.29) is 0 Å². The van der Waals surface area contributed by atoms with E-state index in [2.05, 4.69) is 16.9 Å². The van der Waals surface area contributed by atoms with Crippen molar-refractivity contribution in [2.24, 2.45) is 0 Å². The predicted molar refractivity (Wildman–Crippen MR) is 54.6 cm³/mol. The van der Waals surface area contributed by atoms with Gasteiger partial charge in [-0.15, -0.1) is 0 Å². The van der Waals surface area contributed by atoms with Crippen LogP contribution in [0, 0.1) is 6.92 Å². The Bertz CT molecular complexity index is 169. The highest BCUT2D eigenvalue weighted by Gasteiger charge is 1.80. The molecule has 0 saturated carbocycles. The molecule has 0 aromatic carbocycles. The molecule has 1 rings (SSSR count). The Morgan fingerprint density at radius 2 is 2.15 bits per heavy atom. The molecule has 3 heteroatoms. The highest BCUT2D eigenvalue weighted by atomic mass is 16.2. The number of aromatic nitrogens is 2. The average Bonchev–Trinajstić information content (AvgIpc) is 2.58. The second-order valence-corrected chi connectivity index (χ2v) is 2.96. The Hall–Kier alpha value is -0.830. The maximum atomic E-state index is 8.29. The van der Waals surface area contributed by atoms with Crippen LogP contribution in [0.3, 0.4) is 0 Å². The van der Waals surface area contributed by atoms with Gasteiger partial charge < -0.3 is 10.1 Å². The summed E-state index contributed by atoms with van der Waals surface area (Å²) in [4.78, 5) is 6.75. The minimum Gasteiger partial charge on any atom is -0.396 e. The second-order valence-electron chi connectivity index (χ2n) is 2.96. The Kier molecular flexibility index (Phi) is 8.67. The Morgan fingerprint density at radius 1 is 1.38 bits per heavy atom. The van der Waals surface area contributed by atoms with Gasteiger partial charge in [-0.2, -0.15) is 0 Å². The standard InChI is InChI=1S/C6H14O.C4H6N2/c1-2-3-4-5-6-7;1-4-5-2-3-6-4/h7H,2-6H2,1H3;2-3H,1H3,(H,5,6). The zero-order valence-corrected chi connectivity index (χ0v) is 8.58. The number of aryl methyl sites for hydroxylation is 1.